The molecule has 1 aliphatic heterocycles. The molecule has 1 aromatic carbocycles. The Morgan fingerprint density at radius 1 is 1.21 bits per heavy atom. The lowest BCUT2D eigenvalue weighted by Gasteiger charge is -2.24. The van der Waals surface area contributed by atoms with E-state index in [0.29, 0.717) is 18.5 Å². The van der Waals surface area contributed by atoms with Gasteiger partial charge < -0.3 is 10.6 Å². The van der Waals surface area contributed by atoms with Crippen LogP contribution >= 0.6 is 22.6 Å². The topological polar surface area (TPSA) is 78.5 Å². The number of hydrogen-bond acceptors (Lipinski definition) is 3. The highest BCUT2D eigenvalue weighted by Crippen LogP contribution is 2.32. The fourth-order valence-corrected chi connectivity index (χ4v) is 3.94. The van der Waals surface area contributed by atoms with Crippen LogP contribution in [0.4, 0.5) is 10.5 Å². The van der Waals surface area contributed by atoms with Gasteiger partial charge in [0.2, 0.25) is 5.91 Å². The Bertz CT molecular complexity index is 669. The van der Waals surface area contributed by atoms with E-state index in [0.717, 1.165) is 34.2 Å². The van der Waals surface area contributed by atoms with Gasteiger partial charge in [-0.05, 0) is 53.6 Å². The minimum atomic E-state index is -0.796. The molecule has 128 valence electrons. The molecule has 2 N–H and O–H groups in total. The molecule has 0 bridgehead atoms. The van der Waals surface area contributed by atoms with Crippen LogP contribution in [-0.4, -0.2) is 34.8 Å². The third-order valence-electron chi connectivity index (χ3n) is 4.61. The zero-order chi connectivity index (χ0) is 17.2. The summed E-state index contributed by atoms with van der Waals surface area (Å²) in [4.78, 5) is 38.2. The van der Waals surface area contributed by atoms with E-state index in [-0.39, 0.29) is 18.4 Å². The largest absolute Gasteiger partial charge is 0.325 e. The van der Waals surface area contributed by atoms with E-state index in [4.69, 9.17) is 0 Å². The number of carbonyl (C=O) groups excluding carboxylic acids is 3. The molecule has 0 atom stereocenters. The summed E-state index contributed by atoms with van der Waals surface area (Å²) in [5.41, 5.74) is -0.140. The predicted molar refractivity (Wildman–Crippen MR) is 98.5 cm³/mol. The zero-order valence-corrected chi connectivity index (χ0v) is 15.5. The summed E-state index contributed by atoms with van der Waals surface area (Å²) in [5.74, 6) is -0.627. The van der Waals surface area contributed by atoms with Crippen molar-refractivity contribution >= 4 is 46.1 Å². The maximum absolute atomic E-state index is 12.7. The van der Waals surface area contributed by atoms with Gasteiger partial charge in [-0.25, -0.2) is 4.79 Å². The summed E-state index contributed by atoms with van der Waals surface area (Å²) in [5, 5.41) is 5.58. The number of benzene rings is 1. The van der Waals surface area contributed by atoms with Crippen LogP contribution in [0.3, 0.4) is 0 Å². The zero-order valence-electron chi connectivity index (χ0n) is 13.3. The number of hydrogen-bond donors (Lipinski definition) is 2. The molecule has 2 fully saturated rings. The van der Waals surface area contributed by atoms with E-state index >= 15 is 0 Å². The molecule has 0 radical (unpaired) electrons. The van der Waals surface area contributed by atoms with Gasteiger partial charge in [0.25, 0.3) is 5.91 Å². The van der Waals surface area contributed by atoms with Gasteiger partial charge in [0.15, 0.2) is 0 Å². The van der Waals surface area contributed by atoms with Crippen LogP contribution in [0.15, 0.2) is 24.3 Å². The Morgan fingerprint density at radius 2 is 1.92 bits per heavy atom. The fourth-order valence-electron chi connectivity index (χ4n) is 3.40. The summed E-state index contributed by atoms with van der Waals surface area (Å²) in [6.45, 7) is -0.252. The number of nitrogens with zero attached hydrogens (tertiary/aromatic N) is 1. The second-order valence-corrected chi connectivity index (χ2v) is 7.62. The maximum Gasteiger partial charge on any atom is 0.325 e. The van der Waals surface area contributed by atoms with Gasteiger partial charge in [-0.1, -0.05) is 31.7 Å². The van der Waals surface area contributed by atoms with Gasteiger partial charge in [0, 0.05) is 9.26 Å². The van der Waals surface area contributed by atoms with Crippen molar-refractivity contribution < 1.29 is 14.4 Å². The van der Waals surface area contributed by atoms with E-state index in [1.54, 1.807) is 6.07 Å². The van der Waals surface area contributed by atoms with Crippen molar-refractivity contribution in [3.05, 3.63) is 27.8 Å². The van der Waals surface area contributed by atoms with Crippen molar-refractivity contribution in [1.82, 2.24) is 10.2 Å². The van der Waals surface area contributed by atoms with Crippen molar-refractivity contribution in [3.8, 4) is 0 Å². The molecule has 1 saturated carbocycles. The molecule has 1 spiro atoms. The molecule has 1 saturated heterocycles. The Morgan fingerprint density at radius 3 is 2.58 bits per heavy atom. The highest BCUT2D eigenvalue weighted by Gasteiger charge is 2.51. The second-order valence-electron chi connectivity index (χ2n) is 6.38. The second kappa shape index (κ2) is 7.08. The van der Waals surface area contributed by atoms with E-state index < -0.39 is 11.6 Å². The smallest absolute Gasteiger partial charge is 0.324 e. The van der Waals surface area contributed by atoms with Crippen LogP contribution in [0.1, 0.15) is 38.5 Å². The number of nitrogens with one attached hydrogen (secondary N) is 2. The number of carbonyl (C=O) groups is 3. The van der Waals surface area contributed by atoms with Crippen LogP contribution in [0.2, 0.25) is 0 Å². The molecule has 0 aromatic heterocycles. The summed E-state index contributed by atoms with van der Waals surface area (Å²) in [7, 11) is 0. The van der Waals surface area contributed by atoms with Crippen molar-refractivity contribution in [2.24, 2.45) is 0 Å². The Hall–Kier alpha value is -1.64. The first kappa shape index (κ1) is 17.2. The minimum absolute atomic E-state index is 0.252. The highest BCUT2D eigenvalue weighted by atomic mass is 127. The molecule has 4 amide bonds. The summed E-state index contributed by atoms with van der Waals surface area (Å²) in [6.07, 6.45) is 5.33. The van der Waals surface area contributed by atoms with Gasteiger partial charge in [-0.3, -0.25) is 14.5 Å². The number of imide groups is 1. The quantitative estimate of drug-likeness (QED) is 0.560. The highest BCUT2D eigenvalue weighted by molar-refractivity contribution is 14.1. The monoisotopic (exact) mass is 441 g/mol. The summed E-state index contributed by atoms with van der Waals surface area (Å²) in [6, 6.07) is 6.91. The third-order valence-corrected chi connectivity index (χ3v) is 5.28. The molecule has 1 aliphatic carbocycles. The third kappa shape index (κ3) is 3.55. The van der Waals surface area contributed by atoms with E-state index in [1.807, 2.05) is 18.2 Å². The molecular weight excluding hydrogens is 421 g/mol. The van der Waals surface area contributed by atoms with Gasteiger partial charge in [0.1, 0.15) is 12.1 Å². The van der Waals surface area contributed by atoms with E-state index in [1.165, 1.54) is 0 Å². The fraction of sp³-hybridized carbons (Fsp3) is 0.471. The first-order valence-electron chi connectivity index (χ1n) is 8.20. The standard InChI is InChI=1S/C17H20IN3O3/c18-12-6-5-7-13(10-12)19-14(22)11-21-15(23)17(20-16(21)24)8-3-1-2-4-9-17/h5-7,10H,1-4,8-9,11H2,(H,19,22)(H,20,24). The van der Waals surface area contributed by atoms with Crippen molar-refractivity contribution in [2.45, 2.75) is 44.1 Å². The number of urea groups is 1. The lowest BCUT2D eigenvalue weighted by atomic mass is 9.90. The van der Waals surface area contributed by atoms with Crippen LogP contribution in [0.5, 0.6) is 0 Å². The number of anilines is 1. The SMILES string of the molecule is O=C(CN1C(=O)NC2(CCCCCC2)C1=O)Nc1cccc(I)c1. The normalized spacial score (nSPS) is 20.0. The molecule has 1 aromatic rings. The lowest BCUT2D eigenvalue weighted by molar-refractivity contribution is -0.134. The van der Waals surface area contributed by atoms with Crippen molar-refractivity contribution in [2.75, 3.05) is 11.9 Å². The molecule has 3 rings (SSSR count). The molecule has 24 heavy (non-hydrogen) atoms. The van der Waals surface area contributed by atoms with Gasteiger partial charge in [0.05, 0.1) is 0 Å². The first-order valence-corrected chi connectivity index (χ1v) is 9.28. The van der Waals surface area contributed by atoms with E-state index in [2.05, 4.69) is 33.2 Å². The van der Waals surface area contributed by atoms with Gasteiger partial charge >= 0.3 is 6.03 Å². The maximum atomic E-state index is 12.7. The molecule has 0 unspecified atom stereocenters. The van der Waals surface area contributed by atoms with Gasteiger partial charge in [-0.2, -0.15) is 0 Å². The Kier molecular flexibility index (Phi) is 5.07. The predicted octanol–water partition coefficient (Wildman–Crippen LogP) is 2.87. The number of halogens is 1. The lowest BCUT2D eigenvalue weighted by Crippen LogP contribution is -2.47. The minimum Gasteiger partial charge on any atom is -0.324 e. The average molecular weight is 441 g/mol. The Balaban J connectivity index is 1.67. The van der Waals surface area contributed by atoms with Crippen molar-refractivity contribution in [3.63, 3.8) is 0 Å². The average Bonchev–Trinajstić information content (AvgIpc) is 2.71. The van der Waals surface area contributed by atoms with Crippen LogP contribution < -0.4 is 10.6 Å². The molecular formula is C17H20IN3O3. The molecule has 6 nitrogen and oxygen atoms in total. The first-order chi connectivity index (χ1) is 11.5. The number of rotatable bonds is 3. The Labute approximate surface area is 154 Å². The van der Waals surface area contributed by atoms with E-state index in [9.17, 15) is 14.4 Å². The summed E-state index contributed by atoms with van der Waals surface area (Å²) < 4.78 is 0.998. The summed E-state index contributed by atoms with van der Waals surface area (Å²) >= 11 is 2.16. The van der Waals surface area contributed by atoms with Gasteiger partial charge in [-0.15, -0.1) is 0 Å². The van der Waals surface area contributed by atoms with Crippen LogP contribution in [0.25, 0.3) is 0 Å². The molecule has 2 aliphatic rings. The molecule has 7 heteroatoms. The van der Waals surface area contributed by atoms with Crippen molar-refractivity contribution in [1.29, 1.82) is 0 Å². The molecule has 1 heterocycles. The van der Waals surface area contributed by atoms with Crippen LogP contribution in [0, 0.1) is 3.57 Å². The van der Waals surface area contributed by atoms with Crippen LogP contribution in [-0.2, 0) is 9.59 Å². The number of amides is 4.